The maximum atomic E-state index is 14.9. The van der Waals surface area contributed by atoms with Crippen molar-refractivity contribution in [3.63, 3.8) is 0 Å². The Balaban J connectivity index is 1.51. The van der Waals surface area contributed by atoms with Crippen LogP contribution in [0, 0.1) is 5.82 Å². The normalized spacial score (nSPS) is 11.6. The number of H-pyrrole nitrogens is 1. The van der Waals surface area contributed by atoms with Gasteiger partial charge in [0, 0.05) is 30.0 Å². The second kappa shape index (κ2) is 9.17. The molecule has 0 fully saturated rings. The number of rotatable bonds is 6. The number of halogens is 1. The molecule has 0 saturated heterocycles. The van der Waals surface area contributed by atoms with Crippen LogP contribution < -0.4 is 5.32 Å². The summed E-state index contributed by atoms with van der Waals surface area (Å²) in [6.45, 7) is 6.37. The van der Waals surface area contributed by atoms with Gasteiger partial charge in [-0.15, -0.1) is 0 Å². The SMILES string of the molecule is CNC(=O)c1cc2c(-c3ccc(CCC(=O)c4ccc(C(C)(C)C)cc4)c(F)c3)ncnc2[nH]1. The van der Waals surface area contributed by atoms with Crippen molar-refractivity contribution in [2.75, 3.05) is 7.05 Å². The van der Waals surface area contributed by atoms with E-state index in [1.807, 2.05) is 24.3 Å². The smallest absolute Gasteiger partial charge is 0.267 e. The molecule has 7 heteroatoms. The molecule has 1 amide bonds. The Hall–Kier alpha value is -3.87. The maximum absolute atomic E-state index is 14.9. The molecule has 0 aliphatic heterocycles. The highest BCUT2D eigenvalue weighted by Gasteiger charge is 2.17. The van der Waals surface area contributed by atoms with Crippen LogP contribution in [-0.4, -0.2) is 33.7 Å². The third-order valence-electron chi connectivity index (χ3n) is 5.92. The minimum absolute atomic E-state index is 0.0181. The van der Waals surface area contributed by atoms with Crippen LogP contribution in [0.3, 0.4) is 0 Å². The van der Waals surface area contributed by atoms with Gasteiger partial charge in [-0.3, -0.25) is 9.59 Å². The van der Waals surface area contributed by atoms with Gasteiger partial charge < -0.3 is 10.3 Å². The van der Waals surface area contributed by atoms with Crippen molar-refractivity contribution in [2.45, 2.75) is 39.0 Å². The third kappa shape index (κ3) is 4.73. The summed E-state index contributed by atoms with van der Waals surface area (Å²) < 4.78 is 14.9. The number of carbonyl (C=O) groups excluding carboxylic acids is 2. The summed E-state index contributed by atoms with van der Waals surface area (Å²) in [5, 5.41) is 3.18. The fourth-order valence-electron chi connectivity index (χ4n) is 3.87. The van der Waals surface area contributed by atoms with E-state index in [2.05, 4.69) is 41.0 Å². The van der Waals surface area contributed by atoms with E-state index in [1.54, 1.807) is 25.2 Å². The molecule has 4 rings (SSSR count). The number of benzene rings is 2. The number of hydrogen-bond donors (Lipinski definition) is 2. The predicted octanol–water partition coefficient (Wildman–Crippen LogP) is 5.24. The first kappa shape index (κ1) is 23.3. The van der Waals surface area contributed by atoms with Gasteiger partial charge in [-0.25, -0.2) is 14.4 Å². The lowest BCUT2D eigenvalue weighted by Gasteiger charge is -2.19. The zero-order chi connectivity index (χ0) is 24.5. The molecule has 0 saturated carbocycles. The number of amides is 1. The van der Waals surface area contributed by atoms with Gasteiger partial charge in [0.05, 0.1) is 5.69 Å². The van der Waals surface area contributed by atoms with E-state index in [9.17, 15) is 14.0 Å². The van der Waals surface area contributed by atoms with Crippen LogP contribution >= 0.6 is 0 Å². The molecule has 0 unspecified atom stereocenters. The molecule has 0 radical (unpaired) electrons. The Labute approximate surface area is 197 Å². The van der Waals surface area contributed by atoms with Crippen molar-refractivity contribution < 1.29 is 14.0 Å². The summed E-state index contributed by atoms with van der Waals surface area (Å²) in [7, 11) is 1.54. The lowest BCUT2D eigenvalue weighted by atomic mass is 9.86. The van der Waals surface area contributed by atoms with Crippen molar-refractivity contribution in [2.24, 2.45) is 0 Å². The summed E-state index contributed by atoms with van der Waals surface area (Å²) in [6.07, 6.45) is 1.89. The fraction of sp³-hybridized carbons (Fsp3) is 0.259. The second-order valence-electron chi connectivity index (χ2n) is 9.30. The molecule has 2 aromatic heterocycles. The maximum Gasteiger partial charge on any atom is 0.267 e. The van der Waals surface area contributed by atoms with Crippen molar-refractivity contribution >= 4 is 22.7 Å². The van der Waals surface area contributed by atoms with E-state index < -0.39 is 5.82 Å². The summed E-state index contributed by atoms with van der Waals surface area (Å²) >= 11 is 0. The van der Waals surface area contributed by atoms with E-state index >= 15 is 0 Å². The zero-order valence-electron chi connectivity index (χ0n) is 19.7. The first-order chi connectivity index (χ1) is 16.2. The fourth-order valence-corrected chi connectivity index (χ4v) is 3.87. The van der Waals surface area contributed by atoms with E-state index in [1.165, 1.54) is 12.4 Å². The van der Waals surface area contributed by atoms with Crippen LogP contribution in [0.5, 0.6) is 0 Å². The number of aromatic amines is 1. The van der Waals surface area contributed by atoms with Gasteiger partial charge in [0.1, 0.15) is 23.5 Å². The van der Waals surface area contributed by atoms with E-state index in [0.29, 0.717) is 45.5 Å². The number of nitrogens with one attached hydrogen (secondary N) is 2. The number of Topliss-reactive ketones (excluding diaryl/α,β-unsaturated/α-hetero) is 1. The Bertz CT molecular complexity index is 1370. The van der Waals surface area contributed by atoms with Crippen LogP contribution in [0.1, 0.15) is 59.2 Å². The molecule has 34 heavy (non-hydrogen) atoms. The first-order valence-electron chi connectivity index (χ1n) is 11.2. The molecule has 4 aromatic rings. The van der Waals surface area contributed by atoms with E-state index in [0.717, 1.165) is 5.56 Å². The number of aromatic nitrogens is 3. The molecule has 2 aromatic carbocycles. The summed E-state index contributed by atoms with van der Waals surface area (Å²) in [6, 6.07) is 14.1. The van der Waals surface area contributed by atoms with Gasteiger partial charge in [0.25, 0.3) is 5.91 Å². The number of hydrogen-bond acceptors (Lipinski definition) is 4. The molecule has 2 heterocycles. The Morgan fingerprint density at radius 2 is 1.76 bits per heavy atom. The summed E-state index contributed by atoms with van der Waals surface area (Å²) in [5.41, 5.74) is 4.22. The highest BCUT2D eigenvalue weighted by molar-refractivity contribution is 6.00. The molecule has 0 atom stereocenters. The van der Waals surface area contributed by atoms with Crippen molar-refractivity contribution in [3.05, 3.63) is 83.1 Å². The van der Waals surface area contributed by atoms with Gasteiger partial charge in [-0.2, -0.15) is 0 Å². The molecular weight excluding hydrogens is 431 g/mol. The van der Waals surface area contributed by atoms with Crippen LogP contribution in [0.2, 0.25) is 0 Å². The molecular formula is C27H27FN4O2. The quantitative estimate of drug-likeness (QED) is 0.387. The van der Waals surface area contributed by atoms with E-state index in [4.69, 9.17) is 0 Å². The van der Waals surface area contributed by atoms with E-state index in [-0.39, 0.29) is 23.5 Å². The van der Waals surface area contributed by atoms with Gasteiger partial charge in [0.15, 0.2) is 5.78 Å². The minimum atomic E-state index is -0.401. The molecule has 0 bridgehead atoms. The number of carbonyl (C=O) groups is 2. The molecule has 0 aliphatic rings. The zero-order valence-corrected chi connectivity index (χ0v) is 19.7. The highest BCUT2D eigenvalue weighted by atomic mass is 19.1. The standard InChI is InChI=1S/C27H27FN4O2/c1-27(2,3)19-10-7-17(8-11-19)23(33)12-9-16-5-6-18(13-21(16)28)24-20-14-22(26(34)29-4)32-25(20)31-15-30-24/h5-8,10-11,13-15H,9,12H2,1-4H3,(H,29,34)(H,30,31,32). The highest BCUT2D eigenvalue weighted by Crippen LogP contribution is 2.28. The van der Waals surface area contributed by atoms with Crippen LogP contribution in [0.15, 0.2) is 54.9 Å². The Morgan fingerprint density at radius 1 is 1.03 bits per heavy atom. The van der Waals surface area contributed by atoms with Crippen LogP contribution in [0.4, 0.5) is 4.39 Å². The summed E-state index contributed by atoms with van der Waals surface area (Å²) in [5.74, 6) is -0.694. The van der Waals surface area contributed by atoms with Gasteiger partial charge in [0.2, 0.25) is 0 Å². The first-order valence-corrected chi connectivity index (χ1v) is 11.2. The lowest BCUT2D eigenvalue weighted by molar-refractivity contribution is 0.0956. The van der Waals surface area contributed by atoms with Gasteiger partial charge >= 0.3 is 0 Å². The van der Waals surface area contributed by atoms with Gasteiger partial charge in [-0.05, 0) is 35.1 Å². The van der Waals surface area contributed by atoms with Crippen LogP contribution in [0.25, 0.3) is 22.3 Å². The summed E-state index contributed by atoms with van der Waals surface area (Å²) in [4.78, 5) is 36.0. The number of fused-ring (bicyclic) bond motifs is 1. The van der Waals surface area contributed by atoms with Crippen molar-refractivity contribution in [1.82, 2.24) is 20.3 Å². The number of nitrogens with zero attached hydrogens (tertiary/aromatic N) is 2. The van der Waals surface area contributed by atoms with Gasteiger partial charge in [-0.1, -0.05) is 57.2 Å². The average molecular weight is 459 g/mol. The predicted molar refractivity (Wildman–Crippen MR) is 130 cm³/mol. The molecule has 2 N–H and O–H groups in total. The monoisotopic (exact) mass is 458 g/mol. The lowest BCUT2D eigenvalue weighted by Crippen LogP contribution is -2.17. The second-order valence-corrected chi connectivity index (χ2v) is 9.30. The molecule has 0 aliphatic carbocycles. The number of aryl methyl sites for hydroxylation is 1. The molecule has 0 spiro atoms. The van der Waals surface area contributed by atoms with Crippen molar-refractivity contribution in [1.29, 1.82) is 0 Å². The topological polar surface area (TPSA) is 87.7 Å². The average Bonchev–Trinajstić information content (AvgIpc) is 3.26. The van der Waals surface area contributed by atoms with Crippen molar-refractivity contribution in [3.8, 4) is 11.3 Å². The molecule has 6 nitrogen and oxygen atoms in total. The van der Waals surface area contributed by atoms with Crippen LogP contribution in [-0.2, 0) is 11.8 Å². The minimum Gasteiger partial charge on any atom is -0.354 e. The number of ketones is 1. The third-order valence-corrected chi connectivity index (χ3v) is 5.92. The molecule has 174 valence electrons. The largest absolute Gasteiger partial charge is 0.354 e. The Morgan fingerprint density at radius 3 is 2.41 bits per heavy atom. The Kier molecular flexibility index (Phi) is 6.28.